The standard InChI is InChI=1S/C17H14ClN3O3S2/c1-11(22)19-14-6-2-12(3-7-14)16-10-25-17(20-16)21-26(23,24)15-8-4-13(18)5-9-15/h2-10H,1H3,(H,19,22)(H,20,21). The maximum absolute atomic E-state index is 12.4. The number of hydrogen-bond donors (Lipinski definition) is 2. The Morgan fingerprint density at radius 1 is 1.08 bits per heavy atom. The first-order valence-electron chi connectivity index (χ1n) is 7.45. The molecule has 0 unspecified atom stereocenters. The summed E-state index contributed by atoms with van der Waals surface area (Å²) in [5.74, 6) is -0.148. The smallest absolute Gasteiger partial charge is 0.263 e. The molecule has 0 fully saturated rings. The van der Waals surface area contributed by atoms with E-state index in [9.17, 15) is 13.2 Å². The first kappa shape index (κ1) is 18.4. The summed E-state index contributed by atoms with van der Waals surface area (Å²) in [7, 11) is -3.73. The number of hydrogen-bond acceptors (Lipinski definition) is 5. The third-order valence-corrected chi connectivity index (χ3v) is 5.84. The van der Waals surface area contributed by atoms with E-state index >= 15 is 0 Å². The van der Waals surface area contributed by atoms with Crippen LogP contribution in [0, 0.1) is 0 Å². The number of thiazole rings is 1. The minimum atomic E-state index is -3.73. The fraction of sp³-hybridized carbons (Fsp3) is 0.0588. The molecule has 1 aromatic heterocycles. The van der Waals surface area contributed by atoms with Crippen LogP contribution >= 0.6 is 22.9 Å². The zero-order chi connectivity index (χ0) is 18.7. The summed E-state index contributed by atoms with van der Waals surface area (Å²) in [6.07, 6.45) is 0. The van der Waals surface area contributed by atoms with Crippen LogP contribution in [0.25, 0.3) is 11.3 Å². The summed E-state index contributed by atoms with van der Waals surface area (Å²) < 4.78 is 27.2. The van der Waals surface area contributed by atoms with Gasteiger partial charge in [-0.2, -0.15) is 0 Å². The minimum Gasteiger partial charge on any atom is -0.326 e. The van der Waals surface area contributed by atoms with Crippen molar-refractivity contribution in [3.8, 4) is 11.3 Å². The molecule has 3 aromatic rings. The number of halogens is 1. The van der Waals surface area contributed by atoms with Crippen LogP contribution in [-0.4, -0.2) is 19.3 Å². The number of rotatable bonds is 5. The second-order valence-corrected chi connectivity index (χ2v) is 8.33. The summed E-state index contributed by atoms with van der Waals surface area (Å²) in [4.78, 5) is 15.5. The van der Waals surface area contributed by atoms with Crippen molar-refractivity contribution < 1.29 is 13.2 Å². The Morgan fingerprint density at radius 2 is 1.73 bits per heavy atom. The fourth-order valence-corrected chi connectivity index (χ4v) is 4.27. The lowest BCUT2D eigenvalue weighted by Gasteiger charge is -2.05. The molecule has 0 spiro atoms. The molecule has 134 valence electrons. The Labute approximate surface area is 159 Å². The van der Waals surface area contributed by atoms with Crippen LogP contribution in [0.1, 0.15) is 6.92 Å². The predicted molar refractivity (Wildman–Crippen MR) is 104 cm³/mol. The van der Waals surface area contributed by atoms with Crippen molar-refractivity contribution in [2.75, 3.05) is 10.0 Å². The van der Waals surface area contributed by atoms with Gasteiger partial charge in [-0.05, 0) is 36.4 Å². The Hall–Kier alpha value is -2.42. The van der Waals surface area contributed by atoms with E-state index in [1.165, 1.54) is 42.5 Å². The van der Waals surface area contributed by atoms with E-state index < -0.39 is 10.0 Å². The highest BCUT2D eigenvalue weighted by molar-refractivity contribution is 7.93. The molecule has 0 aliphatic rings. The van der Waals surface area contributed by atoms with E-state index in [0.29, 0.717) is 16.4 Å². The van der Waals surface area contributed by atoms with Crippen LogP contribution in [0.2, 0.25) is 5.02 Å². The number of amides is 1. The number of benzene rings is 2. The van der Waals surface area contributed by atoms with Crippen molar-refractivity contribution in [1.29, 1.82) is 0 Å². The van der Waals surface area contributed by atoms with Gasteiger partial charge in [0.2, 0.25) is 5.91 Å². The fourth-order valence-electron chi connectivity index (χ4n) is 2.17. The van der Waals surface area contributed by atoms with E-state index in [1.54, 1.807) is 29.6 Å². The van der Waals surface area contributed by atoms with Gasteiger partial charge in [-0.1, -0.05) is 23.7 Å². The molecule has 2 N–H and O–H groups in total. The molecule has 1 amide bonds. The first-order chi connectivity index (χ1) is 12.3. The molecule has 2 aromatic carbocycles. The number of carbonyl (C=O) groups is 1. The first-order valence-corrected chi connectivity index (χ1v) is 10.2. The minimum absolute atomic E-state index is 0.110. The van der Waals surface area contributed by atoms with E-state index in [4.69, 9.17) is 11.6 Å². The Bertz CT molecular complexity index is 1030. The van der Waals surface area contributed by atoms with Crippen LogP contribution < -0.4 is 10.0 Å². The van der Waals surface area contributed by atoms with Crippen molar-refractivity contribution in [3.63, 3.8) is 0 Å². The molecule has 3 rings (SSSR count). The van der Waals surface area contributed by atoms with Crippen LogP contribution in [0.3, 0.4) is 0 Å². The molecule has 0 aliphatic heterocycles. The maximum Gasteiger partial charge on any atom is 0.263 e. The molecular formula is C17H14ClN3O3S2. The molecule has 0 radical (unpaired) electrons. The van der Waals surface area contributed by atoms with Crippen LogP contribution in [0.15, 0.2) is 58.8 Å². The van der Waals surface area contributed by atoms with Gasteiger partial charge in [0, 0.05) is 28.6 Å². The number of carbonyl (C=O) groups excluding carboxylic acids is 1. The van der Waals surface area contributed by atoms with Crippen molar-refractivity contribution >= 4 is 49.7 Å². The van der Waals surface area contributed by atoms with Crippen molar-refractivity contribution in [1.82, 2.24) is 4.98 Å². The van der Waals surface area contributed by atoms with E-state index in [-0.39, 0.29) is 15.9 Å². The van der Waals surface area contributed by atoms with Crippen LogP contribution in [-0.2, 0) is 14.8 Å². The number of nitrogens with zero attached hydrogens (tertiary/aromatic N) is 1. The van der Waals surface area contributed by atoms with Gasteiger partial charge in [0.15, 0.2) is 5.13 Å². The van der Waals surface area contributed by atoms with Gasteiger partial charge in [0.1, 0.15) is 0 Å². The maximum atomic E-state index is 12.4. The molecule has 6 nitrogen and oxygen atoms in total. The van der Waals surface area contributed by atoms with Gasteiger partial charge >= 0.3 is 0 Å². The van der Waals surface area contributed by atoms with Crippen molar-refractivity contribution in [3.05, 3.63) is 58.9 Å². The lowest BCUT2D eigenvalue weighted by Crippen LogP contribution is -2.12. The summed E-state index contributed by atoms with van der Waals surface area (Å²) >= 11 is 6.97. The SMILES string of the molecule is CC(=O)Nc1ccc(-c2csc(NS(=O)(=O)c3ccc(Cl)cc3)n2)cc1. The van der Waals surface area contributed by atoms with Gasteiger partial charge in [-0.25, -0.2) is 13.4 Å². The quantitative estimate of drug-likeness (QED) is 0.662. The molecule has 0 atom stereocenters. The zero-order valence-electron chi connectivity index (χ0n) is 13.6. The van der Waals surface area contributed by atoms with E-state index in [0.717, 1.165) is 5.56 Å². The molecule has 1 heterocycles. The third-order valence-electron chi connectivity index (χ3n) is 3.35. The molecular weight excluding hydrogens is 394 g/mol. The molecule has 26 heavy (non-hydrogen) atoms. The summed E-state index contributed by atoms with van der Waals surface area (Å²) in [5, 5.41) is 5.17. The molecule has 0 saturated heterocycles. The van der Waals surface area contributed by atoms with E-state index in [1.807, 2.05) is 0 Å². The monoisotopic (exact) mass is 407 g/mol. The van der Waals surface area contributed by atoms with Gasteiger partial charge in [-0.3, -0.25) is 9.52 Å². The Morgan fingerprint density at radius 3 is 2.35 bits per heavy atom. The zero-order valence-corrected chi connectivity index (χ0v) is 16.0. The molecule has 0 saturated carbocycles. The van der Waals surface area contributed by atoms with Crippen LogP contribution in [0.4, 0.5) is 10.8 Å². The normalized spacial score (nSPS) is 11.2. The summed E-state index contributed by atoms with van der Waals surface area (Å²) in [5.41, 5.74) is 2.13. The Kier molecular flexibility index (Phi) is 5.26. The summed E-state index contributed by atoms with van der Waals surface area (Å²) in [6.45, 7) is 1.44. The topological polar surface area (TPSA) is 88.2 Å². The molecule has 0 bridgehead atoms. The van der Waals surface area contributed by atoms with Gasteiger partial charge in [0.05, 0.1) is 10.6 Å². The molecule has 0 aliphatic carbocycles. The van der Waals surface area contributed by atoms with Gasteiger partial charge in [-0.15, -0.1) is 11.3 Å². The van der Waals surface area contributed by atoms with Crippen molar-refractivity contribution in [2.24, 2.45) is 0 Å². The largest absolute Gasteiger partial charge is 0.326 e. The molecule has 9 heteroatoms. The predicted octanol–water partition coefficient (Wildman–Crippen LogP) is 4.22. The Balaban J connectivity index is 1.77. The van der Waals surface area contributed by atoms with Crippen molar-refractivity contribution in [2.45, 2.75) is 11.8 Å². The summed E-state index contributed by atoms with van der Waals surface area (Å²) in [6, 6.07) is 13.0. The number of sulfonamides is 1. The average molecular weight is 408 g/mol. The number of anilines is 2. The highest BCUT2D eigenvalue weighted by atomic mass is 35.5. The third kappa shape index (κ3) is 4.40. The lowest BCUT2D eigenvalue weighted by molar-refractivity contribution is -0.114. The highest BCUT2D eigenvalue weighted by Gasteiger charge is 2.16. The number of aromatic nitrogens is 1. The second-order valence-electron chi connectivity index (χ2n) is 5.36. The van der Waals surface area contributed by atoms with Gasteiger partial charge in [0.25, 0.3) is 10.0 Å². The average Bonchev–Trinajstić information content (AvgIpc) is 3.03. The van der Waals surface area contributed by atoms with Gasteiger partial charge < -0.3 is 5.32 Å². The lowest BCUT2D eigenvalue weighted by atomic mass is 10.1. The van der Waals surface area contributed by atoms with Crippen LogP contribution in [0.5, 0.6) is 0 Å². The second kappa shape index (κ2) is 7.45. The highest BCUT2D eigenvalue weighted by Crippen LogP contribution is 2.27. The number of nitrogens with one attached hydrogen (secondary N) is 2. The van der Waals surface area contributed by atoms with E-state index in [2.05, 4.69) is 15.0 Å².